The SMILES string of the molecule is COc1cccc(OCCN2CCC(C3NNCC3C)CC2)c1. The molecule has 2 aliphatic rings. The van der Waals surface area contributed by atoms with Crippen molar-refractivity contribution in [1.82, 2.24) is 15.8 Å². The lowest BCUT2D eigenvalue weighted by Crippen LogP contribution is -2.45. The number of nitrogens with zero attached hydrogens (tertiary/aromatic N) is 1. The molecule has 0 radical (unpaired) electrons. The van der Waals surface area contributed by atoms with Crippen LogP contribution in [0.15, 0.2) is 24.3 Å². The topological polar surface area (TPSA) is 45.8 Å². The van der Waals surface area contributed by atoms with E-state index in [1.54, 1.807) is 7.11 Å². The van der Waals surface area contributed by atoms with E-state index in [9.17, 15) is 0 Å². The summed E-state index contributed by atoms with van der Waals surface area (Å²) >= 11 is 0. The summed E-state index contributed by atoms with van der Waals surface area (Å²) in [6.07, 6.45) is 2.56. The molecular formula is C18H29N3O2. The third-order valence-corrected chi connectivity index (χ3v) is 5.16. The second kappa shape index (κ2) is 7.99. The van der Waals surface area contributed by atoms with Crippen molar-refractivity contribution < 1.29 is 9.47 Å². The second-order valence-corrected chi connectivity index (χ2v) is 6.73. The molecule has 0 bridgehead atoms. The van der Waals surface area contributed by atoms with Crippen molar-refractivity contribution in [2.75, 3.05) is 39.9 Å². The molecule has 2 unspecified atom stereocenters. The van der Waals surface area contributed by atoms with Crippen LogP contribution < -0.4 is 20.3 Å². The fourth-order valence-corrected chi connectivity index (χ4v) is 3.71. The fraction of sp³-hybridized carbons (Fsp3) is 0.667. The summed E-state index contributed by atoms with van der Waals surface area (Å²) in [4.78, 5) is 2.52. The molecule has 0 saturated carbocycles. The van der Waals surface area contributed by atoms with Crippen molar-refractivity contribution in [2.45, 2.75) is 25.8 Å². The van der Waals surface area contributed by atoms with E-state index in [0.717, 1.165) is 43.0 Å². The Hall–Kier alpha value is -1.30. The van der Waals surface area contributed by atoms with Crippen molar-refractivity contribution >= 4 is 0 Å². The zero-order valence-electron chi connectivity index (χ0n) is 14.3. The minimum atomic E-state index is 0.644. The van der Waals surface area contributed by atoms with Crippen LogP contribution in [0.3, 0.4) is 0 Å². The predicted octanol–water partition coefficient (Wildman–Crippen LogP) is 1.90. The smallest absolute Gasteiger partial charge is 0.123 e. The zero-order valence-corrected chi connectivity index (χ0v) is 14.3. The molecule has 2 atom stereocenters. The summed E-state index contributed by atoms with van der Waals surface area (Å²) in [5.41, 5.74) is 6.76. The van der Waals surface area contributed by atoms with E-state index in [0.29, 0.717) is 6.04 Å². The van der Waals surface area contributed by atoms with Crippen LogP contribution in [0.1, 0.15) is 19.8 Å². The number of benzene rings is 1. The quantitative estimate of drug-likeness (QED) is 0.838. The van der Waals surface area contributed by atoms with Gasteiger partial charge in [-0.25, -0.2) is 0 Å². The number of methoxy groups -OCH3 is 1. The first-order valence-corrected chi connectivity index (χ1v) is 8.74. The standard InChI is InChI=1S/C18H29N3O2/c1-14-13-19-20-18(14)15-6-8-21(9-7-15)10-11-23-17-5-3-4-16(12-17)22-2/h3-5,12,14-15,18-20H,6-11,13H2,1-2H3. The lowest BCUT2D eigenvalue weighted by molar-refractivity contribution is 0.133. The summed E-state index contributed by atoms with van der Waals surface area (Å²) in [6, 6.07) is 8.46. The highest BCUT2D eigenvalue weighted by Gasteiger charge is 2.32. The average molecular weight is 319 g/mol. The lowest BCUT2D eigenvalue weighted by atomic mass is 9.84. The number of hydrogen-bond donors (Lipinski definition) is 2. The van der Waals surface area contributed by atoms with Gasteiger partial charge in [-0.1, -0.05) is 13.0 Å². The van der Waals surface area contributed by atoms with Crippen molar-refractivity contribution in [3.63, 3.8) is 0 Å². The lowest BCUT2D eigenvalue weighted by Gasteiger charge is -2.35. The van der Waals surface area contributed by atoms with Crippen molar-refractivity contribution in [3.8, 4) is 11.5 Å². The molecule has 0 aliphatic carbocycles. The van der Waals surface area contributed by atoms with Crippen molar-refractivity contribution in [1.29, 1.82) is 0 Å². The first-order valence-electron chi connectivity index (χ1n) is 8.74. The maximum absolute atomic E-state index is 5.85. The molecule has 2 N–H and O–H groups in total. The summed E-state index contributed by atoms with van der Waals surface area (Å²) < 4.78 is 11.1. The number of likely N-dealkylation sites (tertiary alicyclic amines) is 1. The van der Waals surface area contributed by atoms with Gasteiger partial charge in [-0.15, -0.1) is 0 Å². The van der Waals surface area contributed by atoms with Gasteiger partial charge in [0.2, 0.25) is 0 Å². The van der Waals surface area contributed by atoms with Crippen LogP contribution >= 0.6 is 0 Å². The van der Waals surface area contributed by atoms with Crippen LogP contribution in [0.2, 0.25) is 0 Å². The molecule has 0 spiro atoms. The second-order valence-electron chi connectivity index (χ2n) is 6.73. The molecule has 23 heavy (non-hydrogen) atoms. The molecule has 1 aromatic carbocycles. The van der Waals surface area contributed by atoms with Gasteiger partial charge in [0.05, 0.1) is 7.11 Å². The molecule has 0 aromatic heterocycles. The number of rotatable bonds is 6. The van der Waals surface area contributed by atoms with E-state index in [-0.39, 0.29) is 0 Å². The predicted molar refractivity (Wildman–Crippen MR) is 91.7 cm³/mol. The van der Waals surface area contributed by atoms with E-state index in [1.165, 1.54) is 25.9 Å². The van der Waals surface area contributed by atoms with Crippen molar-refractivity contribution in [3.05, 3.63) is 24.3 Å². The highest BCUT2D eigenvalue weighted by molar-refractivity contribution is 5.32. The molecule has 2 fully saturated rings. The molecule has 5 nitrogen and oxygen atoms in total. The normalized spacial score (nSPS) is 26.3. The monoisotopic (exact) mass is 319 g/mol. The van der Waals surface area contributed by atoms with Gasteiger partial charge in [-0.3, -0.25) is 15.8 Å². The summed E-state index contributed by atoms with van der Waals surface area (Å²) in [5, 5.41) is 0. The minimum Gasteiger partial charge on any atom is -0.497 e. The maximum atomic E-state index is 5.85. The Labute approximate surface area is 139 Å². The molecule has 3 rings (SSSR count). The van der Waals surface area contributed by atoms with Crippen LogP contribution in [0, 0.1) is 11.8 Å². The molecule has 2 heterocycles. The minimum absolute atomic E-state index is 0.644. The van der Waals surface area contributed by atoms with Gasteiger partial charge >= 0.3 is 0 Å². The van der Waals surface area contributed by atoms with E-state index in [1.807, 2.05) is 24.3 Å². The number of hydrazine groups is 1. The highest BCUT2D eigenvalue weighted by atomic mass is 16.5. The number of hydrogen-bond acceptors (Lipinski definition) is 5. The Kier molecular flexibility index (Phi) is 5.75. The number of ether oxygens (including phenoxy) is 2. The van der Waals surface area contributed by atoms with E-state index >= 15 is 0 Å². The Bertz CT molecular complexity index is 489. The number of nitrogens with one attached hydrogen (secondary N) is 2. The largest absolute Gasteiger partial charge is 0.497 e. The Morgan fingerprint density at radius 1 is 1.22 bits per heavy atom. The van der Waals surface area contributed by atoms with Gasteiger partial charge < -0.3 is 9.47 Å². The average Bonchev–Trinajstić information content (AvgIpc) is 3.02. The molecule has 128 valence electrons. The molecular weight excluding hydrogens is 290 g/mol. The third-order valence-electron chi connectivity index (χ3n) is 5.16. The van der Waals surface area contributed by atoms with Crippen LogP contribution in [-0.4, -0.2) is 50.8 Å². The van der Waals surface area contributed by atoms with E-state index in [2.05, 4.69) is 22.7 Å². The summed E-state index contributed by atoms with van der Waals surface area (Å²) in [5.74, 6) is 3.27. The van der Waals surface area contributed by atoms with Gasteiger partial charge in [-0.2, -0.15) is 0 Å². The molecule has 2 saturated heterocycles. The third kappa shape index (κ3) is 4.37. The Morgan fingerprint density at radius 3 is 2.70 bits per heavy atom. The molecule has 5 heteroatoms. The molecule has 2 aliphatic heterocycles. The van der Waals surface area contributed by atoms with Crippen LogP contribution in [0.25, 0.3) is 0 Å². The van der Waals surface area contributed by atoms with Crippen molar-refractivity contribution in [2.24, 2.45) is 11.8 Å². The first kappa shape index (κ1) is 16.6. The molecule has 0 amide bonds. The van der Waals surface area contributed by atoms with Crippen LogP contribution in [0.4, 0.5) is 0 Å². The van der Waals surface area contributed by atoms with Crippen LogP contribution in [0.5, 0.6) is 11.5 Å². The summed E-state index contributed by atoms with van der Waals surface area (Å²) in [7, 11) is 1.68. The maximum Gasteiger partial charge on any atom is 0.123 e. The number of piperidine rings is 1. The van der Waals surface area contributed by atoms with Gasteiger partial charge in [0, 0.05) is 25.2 Å². The summed E-state index contributed by atoms with van der Waals surface area (Å²) in [6.45, 7) is 7.52. The van der Waals surface area contributed by atoms with E-state index in [4.69, 9.17) is 9.47 Å². The van der Waals surface area contributed by atoms with Gasteiger partial charge in [0.15, 0.2) is 0 Å². The highest BCUT2D eigenvalue weighted by Crippen LogP contribution is 2.26. The van der Waals surface area contributed by atoms with Gasteiger partial charge in [-0.05, 0) is 49.9 Å². The Morgan fingerprint density at radius 2 is 2.00 bits per heavy atom. The molecule has 1 aromatic rings. The fourth-order valence-electron chi connectivity index (χ4n) is 3.71. The van der Waals surface area contributed by atoms with E-state index < -0.39 is 0 Å². The van der Waals surface area contributed by atoms with Crippen LogP contribution in [-0.2, 0) is 0 Å². The van der Waals surface area contributed by atoms with Gasteiger partial charge in [0.25, 0.3) is 0 Å². The first-order chi connectivity index (χ1) is 11.3. The Balaban J connectivity index is 1.37. The van der Waals surface area contributed by atoms with Gasteiger partial charge in [0.1, 0.15) is 18.1 Å². The zero-order chi connectivity index (χ0) is 16.1.